The normalized spacial score (nSPS) is 15.1. The van der Waals surface area contributed by atoms with Crippen LogP contribution in [0, 0.1) is 0 Å². The highest BCUT2D eigenvalue weighted by Crippen LogP contribution is 2.29. The standard InChI is InChI=1S/C24H25N5O3S/c1-25-22-16-20(19-7-3-4-8-21(19)26-22)24-27-23(32-28-24)15-17-9-11-18(12-10-17)33(30,31)29-13-5-2-6-14-29/h3-4,7-12,16H,2,5-6,13-15H2,1H3,(H,25,26). The molecule has 0 atom stereocenters. The molecule has 170 valence electrons. The largest absolute Gasteiger partial charge is 0.373 e. The van der Waals surface area contributed by atoms with Crippen molar-refractivity contribution in [3.8, 4) is 11.4 Å². The fourth-order valence-corrected chi connectivity index (χ4v) is 5.65. The Bertz CT molecular complexity index is 1380. The zero-order chi connectivity index (χ0) is 22.8. The molecule has 9 heteroatoms. The first kappa shape index (κ1) is 21.5. The SMILES string of the molecule is CNc1cc(-c2noc(Cc3ccc(S(=O)(=O)N4CCCCC4)cc3)n2)c2ccccc2n1. The van der Waals surface area contributed by atoms with Crippen LogP contribution in [0.1, 0.15) is 30.7 Å². The number of nitrogens with one attached hydrogen (secondary N) is 1. The van der Waals surface area contributed by atoms with Gasteiger partial charge in [0, 0.05) is 31.1 Å². The van der Waals surface area contributed by atoms with E-state index < -0.39 is 10.0 Å². The van der Waals surface area contributed by atoms with Crippen molar-refractivity contribution in [2.75, 3.05) is 25.5 Å². The fraction of sp³-hybridized carbons (Fsp3) is 0.292. The van der Waals surface area contributed by atoms with Gasteiger partial charge in [0.15, 0.2) is 0 Å². The first-order valence-corrected chi connectivity index (χ1v) is 12.5. The molecule has 0 saturated carbocycles. The van der Waals surface area contributed by atoms with Crippen molar-refractivity contribution < 1.29 is 12.9 Å². The zero-order valence-corrected chi connectivity index (χ0v) is 19.2. The number of aromatic nitrogens is 3. The van der Waals surface area contributed by atoms with Crippen LogP contribution in [0.4, 0.5) is 5.82 Å². The second-order valence-electron chi connectivity index (χ2n) is 8.12. The summed E-state index contributed by atoms with van der Waals surface area (Å²) in [6.07, 6.45) is 3.33. The van der Waals surface area contributed by atoms with Crippen molar-refractivity contribution in [1.82, 2.24) is 19.4 Å². The molecule has 1 saturated heterocycles. The van der Waals surface area contributed by atoms with Crippen molar-refractivity contribution in [2.24, 2.45) is 0 Å². The molecule has 3 heterocycles. The van der Waals surface area contributed by atoms with Crippen LogP contribution in [0.5, 0.6) is 0 Å². The lowest BCUT2D eigenvalue weighted by atomic mass is 10.1. The highest BCUT2D eigenvalue weighted by atomic mass is 32.2. The number of fused-ring (bicyclic) bond motifs is 1. The van der Waals surface area contributed by atoms with E-state index in [2.05, 4.69) is 20.4 Å². The molecule has 1 aliphatic heterocycles. The maximum absolute atomic E-state index is 12.9. The lowest BCUT2D eigenvalue weighted by Gasteiger charge is -2.25. The van der Waals surface area contributed by atoms with Crippen LogP contribution in [0.15, 0.2) is 64.0 Å². The van der Waals surface area contributed by atoms with Gasteiger partial charge in [0.2, 0.25) is 21.7 Å². The monoisotopic (exact) mass is 463 g/mol. The first-order valence-electron chi connectivity index (χ1n) is 11.0. The van der Waals surface area contributed by atoms with E-state index in [9.17, 15) is 8.42 Å². The van der Waals surface area contributed by atoms with Gasteiger partial charge in [-0.15, -0.1) is 0 Å². The summed E-state index contributed by atoms with van der Waals surface area (Å²) in [5, 5.41) is 8.19. The van der Waals surface area contributed by atoms with Gasteiger partial charge in [-0.2, -0.15) is 9.29 Å². The van der Waals surface area contributed by atoms with Crippen LogP contribution < -0.4 is 5.32 Å². The average molecular weight is 464 g/mol. The number of hydrogen-bond donors (Lipinski definition) is 1. The third-order valence-electron chi connectivity index (χ3n) is 5.91. The molecule has 2 aromatic carbocycles. The Kier molecular flexibility index (Phi) is 5.82. The number of benzene rings is 2. The summed E-state index contributed by atoms with van der Waals surface area (Å²) in [5.41, 5.74) is 2.58. The number of para-hydroxylation sites is 1. The molecule has 0 amide bonds. The Morgan fingerprint density at radius 1 is 1.00 bits per heavy atom. The van der Waals surface area contributed by atoms with Crippen LogP contribution in [-0.2, 0) is 16.4 Å². The van der Waals surface area contributed by atoms with Crippen LogP contribution in [0.3, 0.4) is 0 Å². The molecular formula is C24H25N5O3S. The second-order valence-corrected chi connectivity index (χ2v) is 10.1. The Morgan fingerprint density at radius 3 is 2.52 bits per heavy atom. The molecule has 0 spiro atoms. The van der Waals surface area contributed by atoms with E-state index in [4.69, 9.17) is 4.52 Å². The number of piperidine rings is 1. The van der Waals surface area contributed by atoms with Gasteiger partial charge in [0.05, 0.1) is 16.8 Å². The van der Waals surface area contributed by atoms with Gasteiger partial charge >= 0.3 is 0 Å². The van der Waals surface area contributed by atoms with Gasteiger partial charge < -0.3 is 9.84 Å². The molecule has 1 fully saturated rings. The Balaban J connectivity index is 1.37. The molecular weight excluding hydrogens is 438 g/mol. The third kappa shape index (κ3) is 4.34. The van der Waals surface area contributed by atoms with Gasteiger partial charge in [-0.05, 0) is 42.7 Å². The predicted octanol–water partition coefficient (Wildman–Crippen LogP) is 4.09. The molecule has 1 N–H and O–H groups in total. The van der Waals surface area contributed by atoms with E-state index >= 15 is 0 Å². The molecule has 0 unspecified atom stereocenters. The summed E-state index contributed by atoms with van der Waals surface area (Å²) in [7, 11) is -1.62. The molecule has 0 bridgehead atoms. The number of rotatable bonds is 6. The van der Waals surface area contributed by atoms with E-state index in [-0.39, 0.29) is 0 Å². The Morgan fingerprint density at radius 2 is 1.76 bits per heavy atom. The number of hydrogen-bond acceptors (Lipinski definition) is 7. The highest BCUT2D eigenvalue weighted by molar-refractivity contribution is 7.89. The maximum atomic E-state index is 12.9. The Hall–Kier alpha value is -3.30. The van der Waals surface area contributed by atoms with Crippen molar-refractivity contribution in [1.29, 1.82) is 0 Å². The zero-order valence-electron chi connectivity index (χ0n) is 18.4. The summed E-state index contributed by atoms with van der Waals surface area (Å²) >= 11 is 0. The van der Waals surface area contributed by atoms with Gasteiger partial charge in [-0.25, -0.2) is 13.4 Å². The average Bonchev–Trinajstić information content (AvgIpc) is 3.32. The van der Waals surface area contributed by atoms with E-state index in [1.807, 2.05) is 49.5 Å². The van der Waals surface area contributed by atoms with E-state index in [1.165, 1.54) is 0 Å². The topological polar surface area (TPSA) is 101 Å². The molecule has 0 radical (unpaired) electrons. The minimum Gasteiger partial charge on any atom is -0.373 e. The van der Waals surface area contributed by atoms with Gasteiger partial charge in [-0.1, -0.05) is 41.9 Å². The molecule has 5 rings (SSSR count). The number of anilines is 1. The van der Waals surface area contributed by atoms with Crippen LogP contribution in [0.2, 0.25) is 0 Å². The summed E-state index contributed by atoms with van der Waals surface area (Å²) in [6.45, 7) is 1.18. The summed E-state index contributed by atoms with van der Waals surface area (Å²) < 4.78 is 32.8. The molecule has 1 aliphatic rings. The lowest BCUT2D eigenvalue weighted by molar-refractivity contribution is 0.346. The van der Waals surface area contributed by atoms with Crippen LogP contribution in [-0.4, -0.2) is 48.0 Å². The quantitative estimate of drug-likeness (QED) is 0.459. The maximum Gasteiger partial charge on any atom is 0.243 e. The summed E-state index contributed by atoms with van der Waals surface area (Å²) in [6, 6.07) is 16.6. The third-order valence-corrected chi connectivity index (χ3v) is 7.83. The predicted molar refractivity (Wildman–Crippen MR) is 126 cm³/mol. The van der Waals surface area contributed by atoms with Crippen LogP contribution in [0.25, 0.3) is 22.3 Å². The van der Waals surface area contributed by atoms with Crippen LogP contribution >= 0.6 is 0 Å². The van der Waals surface area contributed by atoms with E-state index in [1.54, 1.807) is 16.4 Å². The molecule has 0 aliphatic carbocycles. The fourth-order valence-electron chi connectivity index (χ4n) is 4.13. The van der Waals surface area contributed by atoms with E-state index in [0.29, 0.717) is 36.1 Å². The van der Waals surface area contributed by atoms with Gasteiger partial charge in [-0.3, -0.25) is 0 Å². The number of nitrogens with zero attached hydrogens (tertiary/aromatic N) is 4. The Labute approximate surface area is 192 Å². The van der Waals surface area contributed by atoms with Crippen molar-refractivity contribution in [3.63, 3.8) is 0 Å². The van der Waals surface area contributed by atoms with E-state index in [0.717, 1.165) is 47.1 Å². The van der Waals surface area contributed by atoms with Crippen molar-refractivity contribution >= 4 is 26.7 Å². The highest BCUT2D eigenvalue weighted by Gasteiger charge is 2.25. The second kappa shape index (κ2) is 8.92. The van der Waals surface area contributed by atoms with Gasteiger partial charge in [0.1, 0.15) is 5.82 Å². The minimum atomic E-state index is -3.44. The lowest BCUT2D eigenvalue weighted by Crippen LogP contribution is -2.35. The number of sulfonamides is 1. The molecule has 33 heavy (non-hydrogen) atoms. The first-order chi connectivity index (χ1) is 16.0. The van der Waals surface area contributed by atoms with Crippen molar-refractivity contribution in [2.45, 2.75) is 30.6 Å². The summed E-state index contributed by atoms with van der Waals surface area (Å²) in [4.78, 5) is 9.47. The smallest absolute Gasteiger partial charge is 0.243 e. The minimum absolute atomic E-state index is 0.321. The number of pyridine rings is 1. The molecule has 4 aromatic rings. The molecule has 2 aromatic heterocycles. The van der Waals surface area contributed by atoms with Gasteiger partial charge in [0.25, 0.3) is 0 Å². The molecule has 8 nitrogen and oxygen atoms in total. The summed E-state index contributed by atoms with van der Waals surface area (Å²) in [5.74, 6) is 1.67. The van der Waals surface area contributed by atoms with Crippen molar-refractivity contribution in [3.05, 3.63) is 66.1 Å².